The molecule has 0 bridgehead atoms. The second-order valence-corrected chi connectivity index (χ2v) is 12.2. The monoisotopic (exact) mass is 475 g/mol. The summed E-state index contributed by atoms with van der Waals surface area (Å²) in [5.41, 5.74) is 2.56. The van der Waals surface area contributed by atoms with E-state index < -0.39 is 9.84 Å². The molecule has 1 aromatic carbocycles. The van der Waals surface area contributed by atoms with Crippen molar-refractivity contribution in [3.8, 4) is 0 Å². The number of para-hydroxylation sites is 2. The summed E-state index contributed by atoms with van der Waals surface area (Å²) in [5, 5.41) is 9.03. The molecule has 0 aliphatic carbocycles. The van der Waals surface area contributed by atoms with E-state index in [0.29, 0.717) is 29.3 Å². The molecule has 1 amide bonds. The maximum atomic E-state index is 13.0. The molecular weight excluding hydrogens is 446 g/mol. The summed E-state index contributed by atoms with van der Waals surface area (Å²) in [6.07, 6.45) is 3.62. The van der Waals surface area contributed by atoms with Gasteiger partial charge in [-0.15, -0.1) is 11.3 Å². The van der Waals surface area contributed by atoms with Crippen molar-refractivity contribution in [1.82, 2.24) is 10.3 Å². The lowest BCUT2D eigenvalue weighted by Crippen LogP contribution is -2.44. The van der Waals surface area contributed by atoms with E-state index in [1.54, 1.807) is 5.38 Å². The molecule has 1 atom stereocenters. The van der Waals surface area contributed by atoms with Crippen molar-refractivity contribution in [1.29, 1.82) is 0 Å². The highest BCUT2D eigenvalue weighted by molar-refractivity contribution is 7.91. The number of carbonyl (C=O) groups is 1. The highest BCUT2D eigenvalue weighted by Gasteiger charge is 2.38. The number of benzene rings is 1. The van der Waals surface area contributed by atoms with Crippen LogP contribution in [0.5, 0.6) is 0 Å². The molecule has 10 heteroatoms. The van der Waals surface area contributed by atoms with E-state index in [9.17, 15) is 13.2 Å². The average molecular weight is 476 g/mol. The van der Waals surface area contributed by atoms with Gasteiger partial charge in [0.25, 0.3) is 5.91 Å². The van der Waals surface area contributed by atoms with Gasteiger partial charge in [0, 0.05) is 43.5 Å². The van der Waals surface area contributed by atoms with Gasteiger partial charge in [-0.3, -0.25) is 4.79 Å². The zero-order valence-corrected chi connectivity index (χ0v) is 19.7. The van der Waals surface area contributed by atoms with Crippen LogP contribution in [0.25, 0.3) is 0 Å². The lowest BCUT2D eigenvalue weighted by Gasteiger charge is -2.41. The first-order valence-corrected chi connectivity index (χ1v) is 13.9. The third-order valence-corrected chi connectivity index (χ3v) is 9.34. The number of hydrogen-bond donors (Lipinski definition) is 2. The molecule has 3 saturated heterocycles. The number of hydrogen-bond acceptors (Lipinski definition) is 8. The van der Waals surface area contributed by atoms with Gasteiger partial charge in [0.15, 0.2) is 15.0 Å². The fourth-order valence-electron chi connectivity index (χ4n) is 5.02. The Bertz CT molecular complexity index is 1080. The molecule has 1 unspecified atom stereocenters. The molecule has 0 saturated carbocycles. The van der Waals surface area contributed by atoms with Crippen LogP contribution in [0.1, 0.15) is 29.8 Å². The van der Waals surface area contributed by atoms with E-state index in [2.05, 4.69) is 26.6 Å². The van der Waals surface area contributed by atoms with Crippen LogP contribution < -0.4 is 20.4 Å². The minimum atomic E-state index is -2.95. The maximum Gasteiger partial charge on any atom is 0.275 e. The van der Waals surface area contributed by atoms with Crippen molar-refractivity contribution < 1.29 is 13.2 Å². The minimum absolute atomic E-state index is 0.133. The number of anilines is 3. The Balaban J connectivity index is 1.29. The van der Waals surface area contributed by atoms with Gasteiger partial charge < -0.3 is 20.4 Å². The Kier molecular flexibility index (Phi) is 5.85. The number of amides is 1. The number of carbonyl (C=O) groups excluding carboxylic acids is 1. The van der Waals surface area contributed by atoms with Gasteiger partial charge in [-0.25, -0.2) is 13.4 Å². The van der Waals surface area contributed by atoms with Crippen LogP contribution in [-0.4, -0.2) is 70.1 Å². The topological polar surface area (TPSA) is 94.6 Å². The van der Waals surface area contributed by atoms with Gasteiger partial charge in [-0.1, -0.05) is 12.1 Å². The second kappa shape index (κ2) is 8.64. The number of rotatable bonds is 4. The highest BCUT2D eigenvalue weighted by atomic mass is 32.2. The molecule has 2 N–H and O–H groups in total. The molecule has 172 valence electrons. The van der Waals surface area contributed by atoms with Crippen molar-refractivity contribution in [2.45, 2.75) is 19.3 Å². The van der Waals surface area contributed by atoms with Crippen LogP contribution in [0.15, 0.2) is 29.6 Å². The summed E-state index contributed by atoms with van der Waals surface area (Å²) in [7, 11) is -2.95. The Morgan fingerprint density at radius 2 is 1.94 bits per heavy atom. The molecular formula is C22H29N5O3S2. The van der Waals surface area contributed by atoms with E-state index in [1.807, 2.05) is 23.1 Å². The predicted molar refractivity (Wildman–Crippen MR) is 129 cm³/mol. The third kappa shape index (κ3) is 4.49. The Hall–Kier alpha value is -2.17. The molecule has 2 aromatic rings. The molecule has 3 aliphatic heterocycles. The first-order valence-electron chi connectivity index (χ1n) is 11.2. The summed E-state index contributed by atoms with van der Waals surface area (Å²) >= 11 is 1.38. The van der Waals surface area contributed by atoms with Crippen molar-refractivity contribution in [3.63, 3.8) is 0 Å². The molecule has 5 rings (SSSR count). The SMILES string of the molecule is O=C(Nc1ccccc1N1CCCC2(CCNC2)C1)c1csc(N2CCS(=O)(=O)CC2)n1. The van der Waals surface area contributed by atoms with Crippen molar-refractivity contribution in [3.05, 3.63) is 35.3 Å². The van der Waals surface area contributed by atoms with Crippen LogP contribution in [0.4, 0.5) is 16.5 Å². The number of nitrogens with one attached hydrogen (secondary N) is 2. The minimum Gasteiger partial charge on any atom is -0.369 e. The number of nitrogens with zero attached hydrogens (tertiary/aromatic N) is 3. The summed E-state index contributed by atoms with van der Waals surface area (Å²) in [5.74, 6) is 0.0293. The van der Waals surface area contributed by atoms with Crippen molar-refractivity contribution in [2.24, 2.45) is 5.41 Å². The molecule has 4 heterocycles. The summed E-state index contributed by atoms with van der Waals surface area (Å²) in [6.45, 7) is 4.99. The van der Waals surface area contributed by atoms with Crippen LogP contribution in [0.2, 0.25) is 0 Å². The summed E-state index contributed by atoms with van der Waals surface area (Å²) in [4.78, 5) is 21.8. The van der Waals surface area contributed by atoms with Crippen molar-refractivity contribution in [2.75, 3.05) is 65.9 Å². The maximum absolute atomic E-state index is 13.0. The van der Waals surface area contributed by atoms with Gasteiger partial charge in [0.2, 0.25) is 0 Å². The number of thiazole rings is 1. The first kappa shape index (κ1) is 21.7. The van der Waals surface area contributed by atoms with Crippen LogP contribution in [-0.2, 0) is 9.84 Å². The lowest BCUT2D eigenvalue weighted by molar-refractivity contribution is 0.102. The van der Waals surface area contributed by atoms with Crippen molar-refractivity contribution >= 4 is 43.6 Å². The second-order valence-electron chi connectivity index (χ2n) is 9.08. The standard InChI is InChI=1S/C22H29N5O3S2/c28-20(18-14-31-21(25-18)26-10-12-32(29,30)13-11-26)24-17-4-1-2-5-19(17)27-9-3-6-22(16-27)7-8-23-15-22/h1-2,4-5,14,23H,3,6-13,15-16H2,(H,24,28). The Morgan fingerprint density at radius 1 is 1.12 bits per heavy atom. The third-order valence-electron chi connectivity index (χ3n) is 6.83. The zero-order chi connectivity index (χ0) is 22.2. The zero-order valence-electron chi connectivity index (χ0n) is 18.0. The van der Waals surface area contributed by atoms with Gasteiger partial charge >= 0.3 is 0 Å². The van der Waals surface area contributed by atoms with E-state index in [4.69, 9.17) is 0 Å². The van der Waals surface area contributed by atoms with Gasteiger partial charge in [-0.2, -0.15) is 0 Å². The fraction of sp³-hybridized carbons (Fsp3) is 0.545. The molecule has 3 fully saturated rings. The van der Waals surface area contributed by atoms with Gasteiger partial charge in [-0.05, 0) is 37.9 Å². The van der Waals surface area contributed by atoms with E-state index in [1.165, 1.54) is 24.2 Å². The molecule has 1 spiro atoms. The number of aromatic nitrogens is 1. The molecule has 0 radical (unpaired) electrons. The molecule has 32 heavy (non-hydrogen) atoms. The molecule has 3 aliphatic rings. The Labute approximate surface area is 192 Å². The lowest BCUT2D eigenvalue weighted by atomic mass is 9.79. The normalized spacial score (nSPS) is 25.2. The molecule has 1 aromatic heterocycles. The van der Waals surface area contributed by atoms with E-state index >= 15 is 0 Å². The van der Waals surface area contributed by atoms with Crippen LogP contribution >= 0.6 is 11.3 Å². The largest absolute Gasteiger partial charge is 0.369 e. The summed E-state index contributed by atoms with van der Waals surface area (Å²) in [6, 6.07) is 7.99. The smallest absolute Gasteiger partial charge is 0.275 e. The van der Waals surface area contributed by atoms with Crippen LogP contribution in [0, 0.1) is 5.41 Å². The fourth-order valence-corrected chi connectivity index (χ4v) is 7.08. The quantitative estimate of drug-likeness (QED) is 0.700. The highest BCUT2D eigenvalue weighted by Crippen LogP contribution is 2.39. The molecule has 8 nitrogen and oxygen atoms in total. The number of sulfone groups is 1. The predicted octanol–water partition coefficient (Wildman–Crippen LogP) is 2.21. The van der Waals surface area contributed by atoms with Gasteiger partial charge in [0.1, 0.15) is 5.69 Å². The first-order chi connectivity index (χ1) is 15.4. The van der Waals surface area contributed by atoms with Crippen LogP contribution in [0.3, 0.4) is 0 Å². The summed E-state index contributed by atoms with van der Waals surface area (Å²) < 4.78 is 23.3. The average Bonchev–Trinajstić information content (AvgIpc) is 3.45. The van der Waals surface area contributed by atoms with E-state index in [-0.39, 0.29) is 17.4 Å². The van der Waals surface area contributed by atoms with Gasteiger partial charge in [0.05, 0.1) is 22.9 Å². The van der Waals surface area contributed by atoms with E-state index in [0.717, 1.165) is 44.0 Å². The Morgan fingerprint density at radius 3 is 2.72 bits per heavy atom. The number of piperidine rings is 1.